The second kappa shape index (κ2) is 5.09. The van der Waals surface area contributed by atoms with Gasteiger partial charge in [-0.25, -0.2) is 9.97 Å². The molecule has 0 atom stereocenters. The van der Waals surface area contributed by atoms with E-state index in [4.69, 9.17) is 10.5 Å². The number of amides is 1. The number of anilines is 1. The van der Waals surface area contributed by atoms with Crippen LogP contribution in [0.3, 0.4) is 0 Å². The molecule has 0 aromatic carbocycles. The Morgan fingerprint density at radius 3 is 2.89 bits per heavy atom. The number of aromatic nitrogens is 3. The molecule has 1 amide bonds. The average molecular weight is 245 g/mol. The zero-order chi connectivity index (χ0) is 13.0. The molecule has 0 radical (unpaired) electrons. The minimum absolute atomic E-state index is 0.261. The van der Waals surface area contributed by atoms with Gasteiger partial charge in [0.25, 0.3) is 5.91 Å². The third kappa shape index (κ3) is 2.70. The van der Waals surface area contributed by atoms with E-state index in [1.807, 2.05) is 0 Å². The smallest absolute Gasteiger partial charge is 0.269 e. The number of nitrogen functional groups attached to an aromatic ring is 1. The molecule has 2 aromatic heterocycles. The van der Waals surface area contributed by atoms with Crippen LogP contribution in [0.5, 0.6) is 11.6 Å². The van der Waals surface area contributed by atoms with Gasteiger partial charge >= 0.3 is 0 Å². The van der Waals surface area contributed by atoms with Crippen LogP contribution in [0.1, 0.15) is 10.5 Å². The first-order valence-electron chi connectivity index (χ1n) is 5.12. The molecule has 92 valence electrons. The number of hydrogen-bond acceptors (Lipinski definition) is 6. The van der Waals surface area contributed by atoms with Crippen LogP contribution in [0.25, 0.3) is 0 Å². The highest BCUT2D eigenvalue weighted by molar-refractivity contribution is 5.92. The lowest BCUT2D eigenvalue weighted by molar-refractivity contribution is 0.0958. The van der Waals surface area contributed by atoms with Gasteiger partial charge in [0, 0.05) is 25.4 Å². The van der Waals surface area contributed by atoms with Gasteiger partial charge in [0.1, 0.15) is 23.6 Å². The van der Waals surface area contributed by atoms with Gasteiger partial charge in [0.2, 0.25) is 5.88 Å². The van der Waals surface area contributed by atoms with Crippen LogP contribution < -0.4 is 15.8 Å². The van der Waals surface area contributed by atoms with Crippen molar-refractivity contribution in [3.05, 3.63) is 36.4 Å². The Hall–Kier alpha value is -2.70. The van der Waals surface area contributed by atoms with Gasteiger partial charge in [-0.2, -0.15) is 0 Å². The molecule has 0 fully saturated rings. The number of nitrogens with two attached hydrogens (primary N) is 1. The van der Waals surface area contributed by atoms with Crippen LogP contribution in [0, 0.1) is 0 Å². The molecule has 0 spiro atoms. The Labute approximate surface area is 103 Å². The predicted molar refractivity (Wildman–Crippen MR) is 64.1 cm³/mol. The molecule has 3 N–H and O–H groups in total. The summed E-state index contributed by atoms with van der Waals surface area (Å²) in [7, 11) is 1.53. The molecule has 2 rings (SSSR count). The van der Waals surface area contributed by atoms with Crippen LogP contribution in [0.2, 0.25) is 0 Å². The van der Waals surface area contributed by atoms with Crippen LogP contribution in [-0.2, 0) is 0 Å². The van der Waals surface area contributed by atoms with Crippen LogP contribution >= 0.6 is 0 Å². The van der Waals surface area contributed by atoms with E-state index in [0.717, 1.165) is 0 Å². The lowest BCUT2D eigenvalue weighted by Gasteiger charge is -2.05. The van der Waals surface area contributed by atoms with Gasteiger partial charge in [-0.05, 0) is 6.07 Å². The summed E-state index contributed by atoms with van der Waals surface area (Å²) in [5, 5.41) is 2.48. The molecule has 2 heterocycles. The third-order valence-corrected chi connectivity index (χ3v) is 2.08. The minimum Gasteiger partial charge on any atom is -0.439 e. The Morgan fingerprint density at radius 2 is 2.17 bits per heavy atom. The molecular formula is C11H11N5O2. The Morgan fingerprint density at radius 1 is 1.33 bits per heavy atom. The first kappa shape index (κ1) is 11.8. The molecule has 0 aliphatic carbocycles. The number of carbonyl (C=O) groups is 1. The van der Waals surface area contributed by atoms with E-state index in [1.165, 1.54) is 31.7 Å². The molecule has 0 saturated carbocycles. The van der Waals surface area contributed by atoms with Gasteiger partial charge in [-0.3, -0.25) is 9.78 Å². The fraction of sp³-hybridized carbons (Fsp3) is 0.0909. The highest BCUT2D eigenvalue weighted by Crippen LogP contribution is 2.19. The molecule has 0 aliphatic rings. The summed E-state index contributed by atoms with van der Waals surface area (Å²) >= 11 is 0. The van der Waals surface area contributed by atoms with Crippen molar-refractivity contribution in [1.82, 2.24) is 20.3 Å². The summed E-state index contributed by atoms with van der Waals surface area (Å²) in [6.07, 6.45) is 2.77. The van der Waals surface area contributed by atoms with Crippen LogP contribution in [0.15, 0.2) is 30.7 Å². The van der Waals surface area contributed by atoms with Crippen LogP contribution in [0.4, 0.5) is 5.82 Å². The second-order valence-electron chi connectivity index (χ2n) is 3.34. The first-order chi connectivity index (χ1) is 8.69. The summed E-state index contributed by atoms with van der Waals surface area (Å²) in [4.78, 5) is 23.0. The maximum Gasteiger partial charge on any atom is 0.269 e. The van der Waals surface area contributed by atoms with E-state index in [-0.39, 0.29) is 11.6 Å². The molecule has 7 nitrogen and oxygen atoms in total. The van der Waals surface area contributed by atoms with Crippen molar-refractivity contribution in [3.63, 3.8) is 0 Å². The fourth-order valence-corrected chi connectivity index (χ4v) is 1.26. The van der Waals surface area contributed by atoms with Gasteiger partial charge in [-0.1, -0.05) is 0 Å². The van der Waals surface area contributed by atoms with Gasteiger partial charge in [0.15, 0.2) is 0 Å². The summed E-state index contributed by atoms with van der Waals surface area (Å²) in [5.41, 5.74) is 5.77. The van der Waals surface area contributed by atoms with E-state index in [0.29, 0.717) is 17.4 Å². The summed E-state index contributed by atoms with van der Waals surface area (Å²) in [6, 6.07) is 4.61. The zero-order valence-corrected chi connectivity index (χ0v) is 9.62. The van der Waals surface area contributed by atoms with E-state index in [1.54, 1.807) is 6.07 Å². The number of pyridine rings is 1. The number of nitrogens with zero attached hydrogens (tertiary/aromatic N) is 3. The normalized spacial score (nSPS) is 9.83. The van der Waals surface area contributed by atoms with Crippen molar-refractivity contribution in [2.24, 2.45) is 0 Å². The SMILES string of the molecule is CNC(=O)c1cc(Oc2cc(N)ncn2)ccn1. The van der Waals surface area contributed by atoms with Crippen molar-refractivity contribution >= 4 is 11.7 Å². The maximum absolute atomic E-state index is 11.4. The van der Waals surface area contributed by atoms with E-state index in [2.05, 4.69) is 20.3 Å². The van der Waals surface area contributed by atoms with E-state index < -0.39 is 0 Å². The molecule has 18 heavy (non-hydrogen) atoms. The highest BCUT2D eigenvalue weighted by Gasteiger charge is 2.07. The average Bonchev–Trinajstić information content (AvgIpc) is 2.38. The van der Waals surface area contributed by atoms with Crippen molar-refractivity contribution in [1.29, 1.82) is 0 Å². The lowest BCUT2D eigenvalue weighted by Crippen LogP contribution is -2.18. The topological polar surface area (TPSA) is 103 Å². The molecule has 0 unspecified atom stereocenters. The Bertz CT molecular complexity index is 573. The summed E-state index contributed by atoms with van der Waals surface area (Å²) < 4.78 is 5.44. The maximum atomic E-state index is 11.4. The van der Waals surface area contributed by atoms with Gasteiger partial charge < -0.3 is 15.8 Å². The van der Waals surface area contributed by atoms with E-state index >= 15 is 0 Å². The number of carbonyl (C=O) groups excluding carboxylic acids is 1. The third-order valence-electron chi connectivity index (χ3n) is 2.08. The van der Waals surface area contributed by atoms with Crippen molar-refractivity contribution < 1.29 is 9.53 Å². The van der Waals surface area contributed by atoms with Crippen molar-refractivity contribution in [3.8, 4) is 11.6 Å². The van der Waals surface area contributed by atoms with Crippen molar-refractivity contribution in [2.45, 2.75) is 0 Å². The van der Waals surface area contributed by atoms with Crippen molar-refractivity contribution in [2.75, 3.05) is 12.8 Å². The largest absolute Gasteiger partial charge is 0.439 e. The zero-order valence-electron chi connectivity index (χ0n) is 9.62. The second-order valence-corrected chi connectivity index (χ2v) is 3.34. The fourth-order valence-electron chi connectivity index (χ4n) is 1.26. The summed E-state index contributed by atoms with van der Waals surface area (Å²) in [5.74, 6) is 0.765. The predicted octanol–water partition coefficient (Wildman–Crippen LogP) is 0.606. The van der Waals surface area contributed by atoms with Crippen LogP contribution in [-0.4, -0.2) is 27.9 Å². The number of rotatable bonds is 3. The number of hydrogen-bond donors (Lipinski definition) is 2. The highest BCUT2D eigenvalue weighted by atomic mass is 16.5. The number of ether oxygens (including phenoxy) is 1. The Kier molecular flexibility index (Phi) is 3.33. The molecule has 2 aromatic rings. The Balaban J connectivity index is 2.22. The minimum atomic E-state index is -0.289. The molecular weight excluding hydrogens is 234 g/mol. The van der Waals surface area contributed by atoms with E-state index in [9.17, 15) is 4.79 Å². The standard InChI is InChI=1S/C11H11N5O2/c1-13-11(17)8-4-7(2-3-14-8)18-10-5-9(12)15-6-16-10/h2-6H,1H3,(H,13,17)(H2,12,15,16). The van der Waals surface area contributed by atoms with Gasteiger partial charge in [-0.15, -0.1) is 0 Å². The molecule has 0 aliphatic heterocycles. The molecule has 7 heteroatoms. The summed E-state index contributed by atoms with van der Waals surface area (Å²) in [6.45, 7) is 0. The molecule has 0 saturated heterocycles. The number of nitrogens with one attached hydrogen (secondary N) is 1. The van der Waals surface area contributed by atoms with Gasteiger partial charge in [0.05, 0.1) is 0 Å². The molecule has 0 bridgehead atoms. The quantitative estimate of drug-likeness (QED) is 0.821. The lowest BCUT2D eigenvalue weighted by atomic mass is 10.3. The first-order valence-corrected chi connectivity index (χ1v) is 5.12. The monoisotopic (exact) mass is 245 g/mol.